The molecule has 0 bridgehead atoms. The first-order valence-electron chi connectivity index (χ1n) is 7.54. The third-order valence-electron chi connectivity index (χ3n) is 3.46. The lowest BCUT2D eigenvalue weighted by Crippen LogP contribution is -2.22. The Labute approximate surface area is 135 Å². The summed E-state index contributed by atoms with van der Waals surface area (Å²) in [6, 6.07) is 11.8. The number of rotatable bonds is 6. The molecule has 0 saturated carbocycles. The average molecular weight is 315 g/mol. The van der Waals surface area contributed by atoms with Gasteiger partial charge in [-0.05, 0) is 55.3 Å². The average Bonchev–Trinajstić information content (AvgIpc) is 2.53. The molecule has 2 rings (SSSR count). The molecule has 0 aliphatic heterocycles. The van der Waals surface area contributed by atoms with Gasteiger partial charge in [0.1, 0.15) is 5.75 Å². The summed E-state index contributed by atoms with van der Waals surface area (Å²) in [6.45, 7) is 4.33. The summed E-state index contributed by atoms with van der Waals surface area (Å²) in [6.07, 6.45) is 0.469. The first-order valence-corrected chi connectivity index (χ1v) is 7.54. The monoisotopic (exact) mass is 315 g/mol. The van der Waals surface area contributed by atoms with E-state index in [1.54, 1.807) is 18.2 Å². The molecule has 23 heavy (non-hydrogen) atoms. The summed E-state index contributed by atoms with van der Waals surface area (Å²) in [5, 5.41) is 21.6. The maximum Gasteiger partial charge on any atom is 0.227 e. The van der Waals surface area contributed by atoms with Crippen LogP contribution in [0.4, 0.5) is 5.69 Å². The van der Waals surface area contributed by atoms with Gasteiger partial charge in [-0.2, -0.15) is 0 Å². The molecule has 1 amide bonds. The molecule has 0 saturated heterocycles. The number of hydrogen-bond acceptors (Lipinski definition) is 4. The Bertz CT molecular complexity index is 667. The van der Waals surface area contributed by atoms with Gasteiger partial charge in [-0.3, -0.25) is 4.79 Å². The van der Waals surface area contributed by atoms with Crippen LogP contribution in [0, 0.1) is 5.92 Å². The zero-order valence-corrected chi connectivity index (χ0v) is 13.2. The Morgan fingerprint density at radius 3 is 2.43 bits per heavy atom. The van der Waals surface area contributed by atoms with Gasteiger partial charge in [0.25, 0.3) is 0 Å². The molecule has 0 spiro atoms. The van der Waals surface area contributed by atoms with Crippen LogP contribution in [-0.4, -0.2) is 22.7 Å². The zero-order valence-electron chi connectivity index (χ0n) is 13.2. The number of benzene rings is 2. The lowest BCUT2D eigenvalue weighted by Gasteiger charge is -2.13. The summed E-state index contributed by atoms with van der Waals surface area (Å²) in [7, 11) is 0. The Hall–Kier alpha value is -2.69. The number of anilines is 1. The predicted molar refractivity (Wildman–Crippen MR) is 88.9 cm³/mol. The van der Waals surface area contributed by atoms with Crippen LogP contribution in [0.1, 0.15) is 19.4 Å². The highest BCUT2D eigenvalue weighted by atomic mass is 16.5. The van der Waals surface area contributed by atoms with Crippen molar-refractivity contribution in [2.45, 2.75) is 20.3 Å². The number of phenols is 2. The highest BCUT2D eigenvalue weighted by Crippen LogP contribution is 2.26. The van der Waals surface area contributed by atoms with Gasteiger partial charge in [-0.15, -0.1) is 0 Å². The number of phenolic OH excluding ortho intramolecular Hbond substituents is 2. The van der Waals surface area contributed by atoms with Crippen LogP contribution in [-0.2, 0) is 11.2 Å². The fraction of sp³-hybridized carbons (Fsp3) is 0.278. The topological polar surface area (TPSA) is 78.8 Å². The van der Waals surface area contributed by atoms with Gasteiger partial charge in [0.15, 0.2) is 11.5 Å². The third kappa shape index (κ3) is 4.64. The standard InChI is InChI=1S/C18H21NO4/c1-3-23-15-7-5-14(6-8-15)19-18(22)12(2)10-13-4-9-16(20)17(21)11-13/h4-9,11-12,20-21H,3,10H2,1-2H3,(H,19,22). The van der Waals surface area contributed by atoms with Gasteiger partial charge in [0.2, 0.25) is 5.91 Å². The summed E-state index contributed by atoms with van der Waals surface area (Å²) in [4.78, 5) is 12.2. The van der Waals surface area contributed by atoms with Gasteiger partial charge in [-0.25, -0.2) is 0 Å². The smallest absolute Gasteiger partial charge is 0.227 e. The number of hydrogen-bond donors (Lipinski definition) is 3. The number of carbonyl (C=O) groups excluding carboxylic acids is 1. The maximum absolute atomic E-state index is 12.2. The van der Waals surface area contributed by atoms with Crippen molar-refractivity contribution in [1.29, 1.82) is 0 Å². The van der Waals surface area contributed by atoms with E-state index < -0.39 is 0 Å². The Kier molecular flexibility index (Phi) is 5.46. The molecular formula is C18H21NO4. The second-order valence-electron chi connectivity index (χ2n) is 5.37. The molecule has 122 valence electrons. The molecule has 0 fully saturated rings. The van der Waals surface area contributed by atoms with E-state index in [9.17, 15) is 15.0 Å². The van der Waals surface area contributed by atoms with E-state index in [2.05, 4.69) is 5.32 Å². The van der Waals surface area contributed by atoms with E-state index in [0.29, 0.717) is 18.7 Å². The fourth-order valence-electron chi connectivity index (χ4n) is 2.21. The summed E-state index contributed by atoms with van der Waals surface area (Å²) in [5.41, 5.74) is 1.49. The minimum Gasteiger partial charge on any atom is -0.504 e. The largest absolute Gasteiger partial charge is 0.504 e. The molecular weight excluding hydrogens is 294 g/mol. The number of amides is 1. The van der Waals surface area contributed by atoms with Crippen molar-refractivity contribution in [3.05, 3.63) is 48.0 Å². The Balaban J connectivity index is 1.95. The molecule has 5 nitrogen and oxygen atoms in total. The summed E-state index contributed by atoms with van der Waals surface area (Å²) < 4.78 is 5.36. The molecule has 1 atom stereocenters. The molecule has 3 N–H and O–H groups in total. The Morgan fingerprint density at radius 1 is 1.13 bits per heavy atom. The normalized spacial score (nSPS) is 11.7. The number of nitrogens with one attached hydrogen (secondary N) is 1. The van der Waals surface area contributed by atoms with Crippen molar-refractivity contribution in [2.24, 2.45) is 5.92 Å². The van der Waals surface area contributed by atoms with E-state index in [1.165, 1.54) is 12.1 Å². The molecule has 0 aliphatic carbocycles. The van der Waals surface area contributed by atoms with Crippen LogP contribution in [0.2, 0.25) is 0 Å². The minimum atomic E-state index is -0.273. The highest BCUT2D eigenvalue weighted by molar-refractivity contribution is 5.92. The van der Waals surface area contributed by atoms with E-state index in [-0.39, 0.29) is 23.3 Å². The summed E-state index contributed by atoms with van der Waals surface area (Å²) in [5.74, 6) is 0.0345. The first kappa shape index (κ1) is 16.7. The number of ether oxygens (including phenoxy) is 1. The van der Waals surface area contributed by atoms with Crippen molar-refractivity contribution < 1.29 is 19.7 Å². The van der Waals surface area contributed by atoms with E-state index in [0.717, 1.165) is 11.3 Å². The van der Waals surface area contributed by atoms with Crippen LogP contribution >= 0.6 is 0 Å². The van der Waals surface area contributed by atoms with E-state index in [4.69, 9.17) is 4.74 Å². The second kappa shape index (κ2) is 7.54. The molecule has 0 aliphatic rings. The van der Waals surface area contributed by atoms with Gasteiger partial charge in [0.05, 0.1) is 6.61 Å². The van der Waals surface area contributed by atoms with Crippen LogP contribution in [0.15, 0.2) is 42.5 Å². The highest BCUT2D eigenvalue weighted by Gasteiger charge is 2.14. The van der Waals surface area contributed by atoms with Crippen LogP contribution in [0.3, 0.4) is 0 Å². The molecule has 2 aromatic rings. The predicted octanol–water partition coefficient (Wildman–Crippen LogP) is 3.31. The second-order valence-corrected chi connectivity index (χ2v) is 5.37. The van der Waals surface area contributed by atoms with Gasteiger partial charge in [-0.1, -0.05) is 13.0 Å². The molecule has 1 unspecified atom stereocenters. The lowest BCUT2D eigenvalue weighted by molar-refractivity contribution is -0.119. The Morgan fingerprint density at radius 2 is 1.83 bits per heavy atom. The van der Waals surface area contributed by atoms with Crippen molar-refractivity contribution in [3.63, 3.8) is 0 Å². The van der Waals surface area contributed by atoms with Crippen LogP contribution in [0.25, 0.3) is 0 Å². The van der Waals surface area contributed by atoms with Gasteiger partial charge in [0, 0.05) is 11.6 Å². The zero-order chi connectivity index (χ0) is 16.8. The van der Waals surface area contributed by atoms with Crippen molar-refractivity contribution >= 4 is 11.6 Å². The van der Waals surface area contributed by atoms with Gasteiger partial charge < -0.3 is 20.3 Å². The number of carbonyl (C=O) groups is 1. The molecule has 2 aromatic carbocycles. The first-order chi connectivity index (χ1) is 11.0. The minimum absolute atomic E-state index is 0.110. The fourth-order valence-corrected chi connectivity index (χ4v) is 2.21. The number of aromatic hydroxyl groups is 2. The van der Waals surface area contributed by atoms with Gasteiger partial charge >= 0.3 is 0 Å². The molecule has 0 heterocycles. The maximum atomic E-state index is 12.2. The summed E-state index contributed by atoms with van der Waals surface area (Å²) >= 11 is 0. The van der Waals surface area contributed by atoms with E-state index in [1.807, 2.05) is 26.0 Å². The van der Waals surface area contributed by atoms with Crippen molar-refractivity contribution in [1.82, 2.24) is 0 Å². The molecule has 5 heteroatoms. The third-order valence-corrected chi connectivity index (χ3v) is 3.46. The molecule has 0 radical (unpaired) electrons. The lowest BCUT2D eigenvalue weighted by atomic mass is 10.00. The van der Waals surface area contributed by atoms with Crippen LogP contribution in [0.5, 0.6) is 17.2 Å². The van der Waals surface area contributed by atoms with Crippen molar-refractivity contribution in [3.8, 4) is 17.2 Å². The molecule has 0 aromatic heterocycles. The SMILES string of the molecule is CCOc1ccc(NC(=O)C(C)Cc2ccc(O)c(O)c2)cc1. The quantitative estimate of drug-likeness (QED) is 0.715. The van der Waals surface area contributed by atoms with Crippen molar-refractivity contribution in [2.75, 3.05) is 11.9 Å². The van der Waals surface area contributed by atoms with E-state index >= 15 is 0 Å². The van der Waals surface area contributed by atoms with Crippen LogP contribution < -0.4 is 10.1 Å².